The summed E-state index contributed by atoms with van der Waals surface area (Å²) in [5, 5.41) is 9.85. The molecule has 2 aromatic rings. The van der Waals surface area contributed by atoms with Crippen LogP contribution >= 0.6 is 0 Å². The third-order valence-electron chi connectivity index (χ3n) is 3.44. The largest absolute Gasteiger partial charge is 0.457 e. The summed E-state index contributed by atoms with van der Waals surface area (Å²) < 4.78 is 11.5. The van der Waals surface area contributed by atoms with Crippen molar-refractivity contribution in [3.63, 3.8) is 0 Å². The van der Waals surface area contributed by atoms with Gasteiger partial charge in [0.15, 0.2) is 0 Å². The molecule has 1 heterocycles. The topological polar surface area (TPSA) is 38.7 Å². The second-order valence-corrected chi connectivity index (χ2v) is 4.28. The predicted molar refractivity (Wildman–Crippen MR) is 67.8 cm³/mol. The summed E-state index contributed by atoms with van der Waals surface area (Å²) >= 11 is 0. The molecule has 18 heavy (non-hydrogen) atoms. The molecular weight excluding hydrogens is 228 g/mol. The molecule has 0 spiro atoms. The Hall–Kier alpha value is -1.84. The van der Waals surface area contributed by atoms with Gasteiger partial charge in [-0.2, -0.15) is 0 Å². The lowest BCUT2D eigenvalue weighted by molar-refractivity contribution is -0.0304. The van der Waals surface area contributed by atoms with Gasteiger partial charge in [-0.1, -0.05) is 36.4 Å². The standard InChI is InChI=1S/C15H14O3/c1-17-15(10-16)11-6-2-4-8-13(11)18-14-9-5-3-7-12(14)15/h2-9,16H,10H2,1H3. The van der Waals surface area contributed by atoms with Crippen LogP contribution in [0.15, 0.2) is 48.5 Å². The summed E-state index contributed by atoms with van der Waals surface area (Å²) in [6.45, 7) is -0.124. The molecule has 0 atom stereocenters. The Morgan fingerprint density at radius 3 is 1.94 bits per heavy atom. The molecule has 92 valence electrons. The number of fused-ring (bicyclic) bond motifs is 2. The van der Waals surface area contributed by atoms with Crippen LogP contribution in [0.2, 0.25) is 0 Å². The minimum Gasteiger partial charge on any atom is -0.457 e. The molecule has 1 aliphatic rings. The number of aliphatic hydroxyl groups excluding tert-OH is 1. The molecule has 3 heteroatoms. The van der Waals surface area contributed by atoms with Gasteiger partial charge in [-0.15, -0.1) is 0 Å². The molecule has 0 unspecified atom stereocenters. The first-order valence-electron chi connectivity index (χ1n) is 5.85. The van der Waals surface area contributed by atoms with Crippen LogP contribution in [0.25, 0.3) is 0 Å². The van der Waals surface area contributed by atoms with Gasteiger partial charge in [0.2, 0.25) is 0 Å². The molecule has 1 N–H and O–H groups in total. The molecular formula is C15H14O3. The van der Waals surface area contributed by atoms with Crippen LogP contribution in [-0.2, 0) is 10.3 Å². The first-order valence-corrected chi connectivity index (χ1v) is 5.85. The number of benzene rings is 2. The number of hydrogen-bond donors (Lipinski definition) is 1. The Balaban J connectivity index is 2.30. The maximum atomic E-state index is 9.85. The summed E-state index contributed by atoms with van der Waals surface area (Å²) in [4.78, 5) is 0. The van der Waals surface area contributed by atoms with E-state index in [1.807, 2.05) is 48.5 Å². The van der Waals surface area contributed by atoms with Crippen molar-refractivity contribution in [1.82, 2.24) is 0 Å². The SMILES string of the molecule is COC1(CO)c2ccccc2Oc2ccccc21. The number of para-hydroxylation sites is 2. The van der Waals surface area contributed by atoms with Gasteiger partial charge in [0.05, 0.1) is 6.61 Å². The molecule has 0 aliphatic carbocycles. The average molecular weight is 242 g/mol. The van der Waals surface area contributed by atoms with Crippen LogP contribution in [0.4, 0.5) is 0 Å². The molecule has 2 aromatic carbocycles. The molecule has 0 aromatic heterocycles. The molecule has 0 saturated heterocycles. The lowest BCUT2D eigenvalue weighted by Gasteiger charge is -2.37. The van der Waals surface area contributed by atoms with Gasteiger partial charge in [0.1, 0.15) is 17.1 Å². The fraction of sp³-hybridized carbons (Fsp3) is 0.200. The van der Waals surface area contributed by atoms with E-state index < -0.39 is 5.60 Å². The first-order chi connectivity index (χ1) is 8.81. The lowest BCUT2D eigenvalue weighted by Crippen LogP contribution is -2.37. The maximum absolute atomic E-state index is 9.85. The van der Waals surface area contributed by atoms with E-state index in [-0.39, 0.29) is 6.61 Å². The van der Waals surface area contributed by atoms with E-state index in [4.69, 9.17) is 9.47 Å². The van der Waals surface area contributed by atoms with E-state index in [0.29, 0.717) is 0 Å². The van der Waals surface area contributed by atoms with Crippen LogP contribution in [0.5, 0.6) is 11.5 Å². The van der Waals surface area contributed by atoms with Gasteiger partial charge >= 0.3 is 0 Å². The number of ether oxygens (including phenoxy) is 2. The van der Waals surface area contributed by atoms with Gasteiger partial charge in [-0.25, -0.2) is 0 Å². The van der Waals surface area contributed by atoms with Gasteiger partial charge in [-0.05, 0) is 12.1 Å². The van der Waals surface area contributed by atoms with E-state index in [2.05, 4.69) is 0 Å². The highest BCUT2D eigenvalue weighted by molar-refractivity contribution is 5.55. The molecule has 0 bridgehead atoms. The molecule has 3 nitrogen and oxygen atoms in total. The number of aliphatic hydroxyl groups is 1. The fourth-order valence-electron chi connectivity index (χ4n) is 2.50. The van der Waals surface area contributed by atoms with Crippen LogP contribution in [0.1, 0.15) is 11.1 Å². The van der Waals surface area contributed by atoms with Gasteiger partial charge in [0.25, 0.3) is 0 Å². The zero-order chi connectivity index (χ0) is 12.6. The van der Waals surface area contributed by atoms with Crippen molar-refractivity contribution in [1.29, 1.82) is 0 Å². The second-order valence-electron chi connectivity index (χ2n) is 4.28. The second kappa shape index (κ2) is 4.12. The third-order valence-corrected chi connectivity index (χ3v) is 3.44. The van der Waals surface area contributed by atoms with Gasteiger partial charge < -0.3 is 14.6 Å². The summed E-state index contributed by atoms with van der Waals surface area (Å²) in [6.07, 6.45) is 0. The van der Waals surface area contributed by atoms with Crippen molar-refractivity contribution >= 4 is 0 Å². The number of methoxy groups -OCH3 is 1. The van der Waals surface area contributed by atoms with E-state index >= 15 is 0 Å². The average Bonchev–Trinajstić information content (AvgIpc) is 2.45. The van der Waals surface area contributed by atoms with Crippen molar-refractivity contribution in [3.8, 4) is 11.5 Å². The molecule has 0 radical (unpaired) electrons. The van der Waals surface area contributed by atoms with Crippen LogP contribution in [0, 0.1) is 0 Å². The monoisotopic (exact) mass is 242 g/mol. The summed E-state index contributed by atoms with van der Waals surface area (Å²) in [5.74, 6) is 1.46. The summed E-state index contributed by atoms with van der Waals surface area (Å²) in [5.41, 5.74) is 0.869. The van der Waals surface area contributed by atoms with E-state index in [1.54, 1.807) is 7.11 Å². The molecule has 1 aliphatic heterocycles. The van der Waals surface area contributed by atoms with Crippen LogP contribution in [-0.4, -0.2) is 18.8 Å². The quantitative estimate of drug-likeness (QED) is 0.880. The zero-order valence-electron chi connectivity index (χ0n) is 10.1. The van der Waals surface area contributed by atoms with Crippen molar-refractivity contribution in [2.75, 3.05) is 13.7 Å². The van der Waals surface area contributed by atoms with Gasteiger partial charge in [-0.3, -0.25) is 0 Å². The fourth-order valence-corrected chi connectivity index (χ4v) is 2.50. The van der Waals surface area contributed by atoms with Crippen LogP contribution in [0.3, 0.4) is 0 Å². The normalized spacial score (nSPS) is 15.4. The van der Waals surface area contributed by atoms with Crippen molar-refractivity contribution in [2.45, 2.75) is 5.60 Å². The number of rotatable bonds is 2. The molecule has 0 amide bonds. The van der Waals surface area contributed by atoms with Crippen LogP contribution < -0.4 is 4.74 Å². The third kappa shape index (κ3) is 1.38. The minimum atomic E-state index is -0.842. The Kier molecular flexibility index (Phi) is 2.58. The van der Waals surface area contributed by atoms with E-state index in [1.165, 1.54) is 0 Å². The lowest BCUT2D eigenvalue weighted by atomic mass is 9.84. The first kappa shape index (κ1) is 11.3. The molecule has 0 saturated carbocycles. The maximum Gasteiger partial charge on any atom is 0.148 e. The van der Waals surface area contributed by atoms with E-state index in [0.717, 1.165) is 22.6 Å². The predicted octanol–water partition coefficient (Wildman–Crippen LogP) is 2.67. The molecule has 0 fully saturated rings. The Morgan fingerprint density at radius 2 is 1.50 bits per heavy atom. The highest BCUT2D eigenvalue weighted by Gasteiger charge is 2.41. The molecule has 3 rings (SSSR count). The highest BCUT2D eigenvalue weighted by Crippen LogP contribution is 2.47. The number of hydrogen-bond acceptors (Lipinski definition) is 3. The Bertz CT molecular complexity index is 526. The Morgan fingerprint density at radius 1 is 1.00 bits per heavy atom. The van der Waals surface area contributed by atoms with Crippen molar-refractivity contribution in [3.05, 3.63) is 59.7 Å². The smallest absolute Gasteiger partial charge is 0.148 e. The van der Waals surface area contributed by atoms with Gasteiger partial charge in [0, 0.05) is 18.2 Å². The summed E-state index contributed by atoms with van der Waals surface area (Å²) in [7, 11) is 1.61. The summed E-state index contributed by atoms with van der Waals surface area (Å²) in [6, 6.07) is 15.3. The zero-order valence-corrected chi connectivity index (χ0v) is 10.1. The minimum absolute atomic E-state index is 0.124. The van der Waals surface area contributed by atoms with Crippen molar-refractivity contribution in [2.24, 2.45) is 0 Å². The Labute approximate surface area is 106 Å². The van der Waals surface area contributed by atoms with Crippen molar-refractivity contribution < 1.29 is 14.6 Å². The van der Waals surface area contributed by atoms with E-state index in [9.17, 15) is 5.11 Å². The highest BCUT2D eigenvalue weighted by atomic mass is 16.5.